The summed E-state index contributed by atoms with van der Waals surface area (Å²) >= 11 is 6.37. The molecule has 8 nitrogen and oxygen atoms in total. The number of nitrogens with one attached hydrogen (secondary N) is 1. The number of hydrogen-bond donors (Lipinski definition) is 1. The molecule has 0 heterocycles. The fourth-order valence-corrected chi connectivity index (χ4v) is 5.92. The number of carbonyl (C=O) groups excluding carboxylic acids is 2. The molecule has 3 rings (SSSR count). The Kier molecular flexibility index (Phi) is 11.2. The molecule has 0 saturated heterocycles. The van der Waals surface area contributed by atoms with Gasteiger partial charge in [0.15, 0.2) is 0 Å². The zero-order valence-corrected chi connectivity index (χ0v) is 25.8. The third kappa shape index (κ3) is 8.01. The lowest BCUT2D eigenvalue weighted by atomic mass is 10.1. The average Bonchev–Trinajstić information content (AvgIpc) is 2.95. The summed E-state index contributed by atoms with van der Waals surface area (Å²) in [7, 11) is -2.73. The van der Waals surface area contributed by atoms with Crippen LogP contribution in [0, 0.1) is 13.8 Å². The fourth-order valence-electron chi connectivity index (χ4n) is 4.27. The number of nitrogens with zero attached hydrogens (tertiary/aromatic N) is 2. The number of aryl methyl sites for hydroxylation is 2. The van der Waals surface area contributed by atoms with Crippen molar-refractivity contribution in [3.05, 3.63) is 88.4 Å². The van der Waals surface area contributed by atoms with Gasteiger partial charge in [0.05, 0.1) is 22.7 Å². The largest absolute Gasteiger partial charge is 0.495 e. The van der Waals surface area contributed by atoms with Crippen LogP contribution in [0.1, 0.15) is 43.4 Å². The molecule has 2 amide bonds. The summed E-state index contributed by atoms with van der Waals surface area (Å²) in [5, 5.41) is 3.09. The van der Waals surface area contributed by atoms with Crippen LogP contribution in [0.2, 0.25) is 5.02 Å². The van der Waals surface area contributed by atoms with Crippen molar-refractivity contribution in [3.63, 3.8) is 0 Å². The number of amides is 2. The zero-order valence-electron chi connectivity index (χ0n) is 24.2. The molecule has 220 valence electrons. The molecular weight excluding hydrogens is 562 g/mol. The van der Waals surface area contributed by atoms with Crippen molar-refractivity contribution in [3.8, 4) is 5.75 Å². The van der Waals surface area contributed by atoms with Crippen LogP contribution in [0.15, 0.2) is 71.6 Å². The first-order valence-corrected chi connectivity index (χ1v) is 15.4. The van der Waals surface area contributed by atoms with Crippen LogP contribution in [-0.2, 0) is 26.2 Å². The molecule has 0 fully saturated rings. The van der Waals surface area contributed by atoms with Crippen molar-refractivity contribution in [2.24, 2.45) is 0 Å². The van der Waals surface area contributed by atoms with Gasteiger partial charge in [0, 0.05) is 13.1 Å². The molecule has 3 aromatic carbocycles. The molecule has 1 N–H and O–H groups in total. The molecule has 41 heavy (non-hydrogen) atoms. The summed E-state index contributed by atoms with van der Waals surface area (Å²) in [5.74, 6) is -0.470. The first kappa shape index (κ1) is 32.0. The lowest BCUT2D eigenvalue weighted by Crippen LogP contribution is -2.51. The maximum absolute atomic E-state index is 14.0. The second-order valence-corrected chi connectivity index (χ2v) is 12.2. The van der Waals surface area contributed by atoms with Crippen LogP contribution < -0.4 is 14.4 Å². The number of rotatable bonds is 13. The molecule has 10 heteroatoms. The van der Waals surface area contributed by atoms with Crippen molar-refractivity contribution in [1.82, 2.24) is 10.2 Å². The summed E-state index contributed by atoms with van der Waals surface area (Å²) in [5.41, 5.74) is 2.90. The quantitative estimate of drug-likeness (QED) is 0.262. The normalized spacial score (nSPS) is 12.0. The lowest BCUT2D eigenvalue weighted by molar-refractivity contribution is -0.139. The second-order valence-electron chi connectivity index (χ2n) is 9.91. The molecule has 0 aliphatic carbocycles. The Bertz CT molecular complexity index is 1460. The highest BCUT2D eigenvalue weighted by atomic mass is 35.5. The van der Waals surface area contributed by atoms with E-state index in [2.05, 4.69) is 5.32 Å². The van der Waals surface area contributed by atoms with E-state index < -0.39 is 28.5 Å². The van der Waals surface area contributed by atoms with Gasteiger partial charge in [-0.25, -0.2) is 8.42 Å². The van der Waals surface area contributed by atoms with E-state index in [1.165, 1.54) is 36.3 Å². The summed E-state index contributed by atoms with van der Waals surface area (Å²) in [6.07, 6.45) is 1.72. The van der Waals surface area contributed by atoms with Crippen molar-refractivity contribution < 1.29 is 22.7 Å². The first-order valence-electron chi connectivity index (χ1n) is 13.5. The monoisotopic (exact) mass is 599 g/mol. The maximum Gasteiger partial charge on any atom is 0.264 e. The Labute approximate surface area is 248 Å². The molecule has 0 bridgehead atoms. The SMILES string of the molecule is CCCCNC(=O)C(C)N(Cc1ccccc1C)C(=O)CN(c1ccc(OC)c(Cl)c1)S(=O)(=O)c1ccc(C)cc1. The van der Waals surface area contributed by atoms with E-state index in [0.29, 0.717) is 12.3 Å². The number of unbranched alkanes of at least 4 members (excludes halogenated alkanes) is 1. The maximum atomic E-state index is 14.0. The van der Waals surface area contributed by atoms with Gasteiger partial charge in [-0.2, -0.15) is 0 Å². The van der Waals surface area contributed by atoms with Gasteiger partial charge in [-0.3, -0.25) is 13.9 Å². The fraction of sp³-hybridized carbons (Fsp3) is 0.355. The third-order valence-corrected chi connectivity index (χ3v) is 8.99. The molecular formula is C31H38ClN3O5S. The Morgan fingerprint density at radius 1 is 1.02 bits per heavy atom. The zero-order chi connectivity index (χ0) is 30.2. The van der Waals surface area contributed by atoms with Gasteiger partial charge in [0.2, 0.25) is 11.8 Å². The standard InChI is InChI=1S/C31H38ClN3O5S/c1-6-7-18-33-31(37)24(4)34(20-25-11-9-8-10-23(25)3)30(36)21-35(26-14-17-29(40-5)28(32)19-26)41(38,39)27-15-12-22(2)13-16-27/h8-17,19,24H,6-7,18,20-21H2,1-5H3,(H,33,37). The van der Waals surface area contributed by atoms with Gasteiger partial charge in [0.1, 0.15) is 18.3 Å². The highest BCUT2D eigenvalue weighted by Gasteiger charge is 2.33. The third-order valence-electron chi connectivity index (χ3n) is 6.91. The van der Waals surface area contributed by atoms with Crippen LogP contribution in [0.3, 0.4) is 0 Å². The molecule has 0 spiro atoms. The molecule has 0 aliphatic rings. The number of methoxy groups -OCH3 is 1. The van der Waals surface area contributed by atoms with E-state index in [-0.39, 0.29) is 28.1 Å². The van der Waals surface area contributed by atoms with Crippen molar-refractivity contribution in [1.29, 1.82) is 0 Å². The number of hydrogen-bond acceptors (Lipinski definition) is 5. The minimum atomic E-state index is -4.19. The molecule has 1 unspecified atom stereocenters. The Morgan fingerprint density at radius 2 is 1.71 bits per heavy atom. The molecule has 0 radical (unpaired) electrons. The van der Waals surface area contributed by atoms with E-state index in [0.717, 1.165) is 33.8 Å². The first-order chi connectivity index (χ1) is 19.5. The summed E-state index contributed by atoms with van der Waals surface area (Å²) < 4.78 is 34.2. The van der Waals surface area contributed by atoms with Crippen LogP contribution >= 0.6 is 11.6 Å². The molecule has 1 atom stereocenters. The smallest absolute Gasteiger partial charge is 0.264 e. The summed E-state index contributed by atoms with van der Waals surface area (Å²) in [6, 6.07) is 17.7. The van der Waals surface area contributed by atoms with Gasteiger partial charge in [-0.15, -0.1) is 0 Å². The Balaban J connectivity index is 2.05. The van der Waals surface area contributed by atoms with Gasteiger partial charge >= 0.3 is 0 Å². The van der Waals surface area contributed by atoms with Crippen molar-refractivity contribution >= 4 is 39.1 Å². The van der Waals surface area contributed by atoms with Crippen molar-refractivity contribution in [2.45, 2.75) is 58.0 Å². The average molecular weight is 600 g/mol. The van der Waals surface area contributed by atoms with Crippen LogP contribution in [0.4, 0.5) is 5.69 Å². The highest BCUT2D eigenvalue weighted by molar-refractivity contribution is 7.92. The number of carbonyl (C=O) groups is 2. The number of benzene rings is 3. The Morgan fingerprint density at radius 3 is 2.32 bits per heavy atom. The van der Waals surface area contributed by atoms with Gasteiger partial charge in [-0.1, -0.05) is 66.9 Å². The van der Waals surface area contributed by atoms with E-state index in [9.17, 15) is 18.0 Å². The lowest BCUT2D eigenvalue weighted by Gasteiger charge is -2.32. The van der Waals surface area contributed by atoms with E-state index in [1.807, 2.05) is 45.0 Å². The summed E-state index contributed by atoms with van der Waals surface area (Å²) in [4.78, 5) is 28.6. The van der Waals surface area contributed by atoms with Crippen LogP contribution in [0.25, 0.3) is 0 Å². The van der Waals surface area contributed by atoms with Gasteiger partial charge in [-0.05, 0) is 68.7 Å². The van der Waals surface area contributed by atoms with Crippen LogP contribution in [0.5, 0.6) is 5.75 Å². The summed E-state index contributed by atoms with van der Waals surface area (Å²) in [6.45, 7) is 7.55. The molecule has 3 aromatic rings. The number of ether oxygens (including phenoxy) is 1. The number of anilines is 1. The predicted octanol–water partition coefficient (Wildman–Crippen LogP) is 5.49. The number of halogens is 1. The van der Waals surface area contributed by atoms with E-state index >= 15 is 0 Å². The van der Waals surface area contributed by atoms with E-state index in [4.69, 9.17) is 16.3 Å². The molecule has 0 aromatic heterocycles. The minimum Gasteiger partial charge on any atom is -0.495 e. The second kappa shape index (κ2) is 14.4. The van der Waals surface area contributed by atoms with Crippen molar-refractivity contribution in [2.75, 3.05) is 24.5 Å². The highest BCUT2D eigenvalue weighted by Crippen LogP contribution is 2.32. The van der Waals surface area contributed by atoms with Gasteiger partial charge in [0.25, 0.3) is 10.0 Å². The topological polar surface area (TPSA) is 96.0 Å². The van der Waals surface area contributed by atoms with Crippen LogP contribution in [-0.4, -0.2) is 51.4 Å². The number of sulfonamides is 1. The molecule has 0 saturated carbocycles. The minimum absolute atomic E-state index is 0.0265. The Hall–Kier alpha value is -3.56. The van der Waals surface area contributed by atoms with Gasteiger partial charge < -0.3 is 15.0 Å². The van der Waals surface area contributed by atoms with E-state index in [1.54, 1.807) is 25.1 Å². The molecule has 0 aliphatic heterocycles. The predicted molar refractivity (Wildman–Crippen MR) is 163 cm³/mol.